The Morgan fingerprint density at radius 2 is 1.93 bits per heavy atom. The van der Waals surface area contributed by atoms with E-state index in [0.29, 0.717) is 12.8 Å². The molecule has 0 aliphatic heterocycles. The topological polar surface area (TPSA) is 54.5 Å². The minimum absolute atomic E-state index is 0.0313. The molecule has 0 aromatic heterocycles. The normalized spacial score (nSPS) is 11.9. The van der Waals surface area contributed by atoms with Crippen LogP contribution in [0.5, 0.6) is 0 Å². The lowest BCUT2D eigenvalue weighted by molar-refractivity contribution is -0.128. The predicted octanol–water partition coefficient (Wildman–Crippen LogP) is 0.846. The van der Waals surface area contributed by atoms with Crippen LogP contribution in [0.2, 0.25) is 0 Å². The van der Waals surface area contributed by atoms with Crippen molar-refractivity contribution in [2.24, 2.45) is 0 Å². The summed E-state index contributed by atoms with van der Waals surface area (Å²) in [4.78, 5) is 12.6. The van der Waals surface area contributed by atoms with Crippen LogP contribution in [0.1, 0.15) is 19.8 Å². The average molecular weight is 233 g/mol. The number of hydrogen-bond acceptors (Lipinski definition) is 3. The Bertz CT molecular complexity index is 318. The van der Waals surface area contributed by atoms with Crippen molar-refractivity contribution in [1.29, 1.82) is 0 Å². The lowest BCUT2D eigenvalue weighted by Crippen LogP contribution is -2.22. The largest absolute Gasteiger partial charge is 0.349 e. The highest BCUT2D eigenvalue weighted by molar-refractivity contribution is 7.91. The van der Waals surface area contributed by atoms with Gasteiger partial charge in [-0.1, -0.05) is 12.2 Å². The van der Waals surface area contributed by atoms with Gasteiger partial charge in [0.2, 0.25) is 5.91 Å². The van der Waals surface area contributed by atoms with E-state index in [2.05, 4.69) is 0 Å². The van der Waals surface area contributed by atoms with Gasteiger partial charge in [-0.25, -0.2) is 8.42 Å². The Kier molecular flexibility index (Phi) is 6.24. The highest BCUT2D eigenvalue weighted by Crippen LogP contribution is 2.00. The van der Waals surface area contributed by atoms with Crippen LogP contribution < -0.4 is 0 Å². The highest BCUT2D eigenvalue weighted by Gasteiger charge is 2.10. The maximum Gasteiger partial charge on any atom is 0.222 e. The zero-order chi connectivity index (χ0) is 11.9. The number of carbonyl (C=O) groups is 1. The molecule has 0 fully saturated rings. The Balaban J connectivity index is 3.91. The second-order valence-corrected chi connectivity index (χ2v) is 5.80. The molecule has 15 heavy (non-hydrogen) atoms. The second kappa shape index (κ2) is 6.61. The summed E-state index contributed by atoms with van der Waals surface area (Å²) in [7, 11) is 0.304. The highest BCUT2D eigenvalue weighted by atomic mass is 32.2. The molecule has 0 aromatic carbocycles. The fourth-order valence-electron chi connectivity index (χ4n) is 0.993. The van der Waals surface area contributed by atoms with Crippen LogP contribution in [0.15, 0.2) is 12.2 Å². The van der Waals surface area contributed by atoms with Crippen molar-refractivity contribution in [1.82, 2.24) is 4.90 Å². The molecule has 0 saturated heterocycles. The van der Waals surface area contributed by atoms with E-state index >= 15 is 0 Å². The number of allylic oxidation sites excluding steroid dienone is 1. The zero-order valence-electron chi connectivity index (χ0n) is 9.56. The number of sulfone groups is 1. The first kappa shape index (κ1) is 14.2. The molecule has 0 aliphatic rings. The molecule has 0 radical (unpaired) electrons. The molecule has 0 aromatic rings. The van der Waals surface area contributed by atoms with E-state index in [1.807, 2.05) is 0 Å². The first-order chi connectivity index (χ1) is 6.89. The first-order valence-electron chi connectivity index (χ1n) is 4.91. The van der Waals surface area contributed by atoms with Crippen molar-refractivity contribution in [3.63, 3.8) is 0 Å². The van der Waals surface area contributed by atoms with Gasteiger partial charge in [-0.2, -0.15) is 0 Å². The molecule has 0 unspecified atom stereocenters. The van der Waals surface area contributed by atoms with Gasteiger partial charge >= 0.3 is 0 Å². The smallest absolute Gasteiger partial charge is 0.222 e. The van der Waals surface area contributed by atoms with Gasteiger partial charge in [-0.05, 0) is 13.3 Å². The number of amides is 1. The maximum absolute atomic E-state index is 11.4. The number of carbonyl (C=O) groups excluding carboxylic acids is 1. The van der Waals surface area contributed by atoms with Crippen LogP contribution >= 0.6 is 0 Å². The molecule has 5 heteroatoms. The number of hydrogen-bond donors (Lipinski definition) is 0. The maximum atomic E-state index is 11.4. The van der Waals surface area contributed by atoms with E-state index in [4.69, 9.17) is 0 Å². The lowest BCUT2D eigenvalue weighted by atomic mass is 10.3. The summed E-state index contributed by atoms with van der Waals surface area (Å²) in [6.45, 7) is 1.78. The minimum Gasteiger partial charge on any atom is -0.349 e. The fraction of sp³-hybridized carbons (Fsp3) is 0.700. The monoisotopic (exact) mass is 233 g/mol. The van der Waals surface area contributed by atoms with Crippen LogP contribution in [0.4, 0.5) is 0 Å². The van der Waals surface area contributed by atoms with Crippen LogP contribution in [0, 0.1) is 0 Å². The molecule has 0 saturated carbocycles. The molecule has 0 spiro atoms. The SMILES string of the molecule is C/C=C/CS(=O)(=O)CCCC(=O)N(C)C. The molecule has 0 aliphatic carbocycles. The second-order valence-electron chi connectivity index (χ2n) is 3.58. The molecule has 0 rings (SSSR count). The Hall–Kier alpha value is -0.840. The third-order valence-electron chi connectivity index (χ3n) is 1.93. The van der Waals surface area contributed by atoms with Crippen LogP contribution in [-0.2, 0) is 14.6 Å². The van der Waals surface area contributed by atoms with Gasteiger partial charge in [-0.3, -0.25) is 4.79 Å². The van der Waals surface area contributed by atoms with Crippen molar-refractivity contribution in [2.75, 3.05) is 25.6 Å². The van der Waals surface area contributed by atoms with Crippen molar-refractivity contribution in [2.45, 2.75) is 19.8 Å². The summed E-state index contributed by atoms with van der Waals surface area (Å²) in [5.74, 6) is 0.118. The van der Waals surface area contributed by atoms with Gasteiger partial charge in [0.05, 0.1) is 11.5 Å². The summed E-state index contributed by atoms with van der Waals surface area (Å²) in [6.07, 6.45) is 4.02. The summed E-state index contributed by atoms with van der Waals surface area (Å²) in [6, 6.07) is 0. The summed E-state index contributed by atoms with van der Waals surface area (Å²) in [5.41, 5.74) is 0. The first-order valence-corrected chi connectivity index (χ1v) is 6.73. The summed E-state index contributed by atoms with van der Waals surface area (Å²) < 4.78 is 22.7. The van der Waals surface area contributed by atoms with Gasteiger partial charge in [-0.15, -0.1) is 0 Å². The Morgan fingerprint density at radius 1 is 1.33 bits per heavy atom. The molecule has 0 N–H and O–H groups in total. The minimum atomic E-state index is -3.02. The van der Waals surface area contributed by atoms with E-state index in [1.54, 1.807) is 33.2 Å². The van der Waals surface area contributed by atoms with Crippen LogP contribution in [0.3, 0.4) is 0 Å². The fourth-order valence-corrected chi connectivity index (χ4v) is 2.23. The van der Waals surface area contributed by atoms with E-state index in [1.165, 1.54) is 4.90 Å². The third kappa shape index (κ3) is 7.13. The summed E-state index contributed by atoms with van der Waals surface area (Å²) >= 11 is 0. The predicted molar refractivity (Wildman–Crippen MR) is 61.4 cm³/mol. The molecule has 88 valence electrons. The van der Waals surface area contributed by atoms with Gasteiger partial charge in [0.25, 0.3) is 0 Å². The van der Waals surface area contributed by atoms with Gasteiger partial charge in [0.1, 0.15) is 0 Å². The van der Waals surface area contributed by atoms with Gasteiger partial charge in [0.15, 0.2) is 9.84 Å². The third-order valence-corrected chi connectivity index (χ3v) is 3.54. The van der Waals surface area contributed by atoms with Crippen molar-refractivity contribution < 1.29 is 13.2 Å². The number of rotatable bonds is 6. The summed E-state index contributed by atoms with van der Waals surface area (Å²) in [5, 5.41) is 0. The van der Waals surface area contributed by atoms with Gasteiger partial charge in [0, 0.05) is 20.5 Å². The van der Waals surface area contributed by atoms with Gasteiger partial charge < -0.3 is 4.90 Å². The Labute approximate surface area is 91.9 Å². The standard InChI is InChI=1S/C10H19NO3S/c1-4-5-8-15(13,14)9-6-7-10(12)11(2)3/h4-5H,6-9H2,1-3H3/b5-4+. The van der Waals surface area contributed by atoms with E-state index < -0.39 is 9.84 Å². The number of nitrogens with zero attached hydrogens (tertiary/aromatic N) is 1. The molecule has 0 bridgehead atoms. The average Bonchev–Trinajstić information content (AvgIpc) is 2.14. The van der Waals surface area contributed by atoms with E-state index in [9.17, 15) is 13.2 Å². The van der Waals surface area contributed by atoms with Crippen molar-refractivity contribution in [3.05, 3.63) is 12.2 Å². The molecule has 4 nitrogen and oxygen atoms in total. The lowest BCUT2D eigenvalue weighted by Gasteiger charge is -2.09. The molecular weight excluding hydrogens is 214 g/mol. The molecule has 0 atom stereocenters. The quantitative estimate of drug-likeness (QED) is 0.639. The molecular formula is C10H19NO3S. The van der Waals surface area contributed by atoms with Crippen molar-refractivity contribution in [3.8, 4) is 0 Å². The van der Waals surface area contributed by atoms with Crippen LogP contribution in [-0.4, -0.2) is 44.8 Å². The van der Waals surface area contributed by atoms with E-state index in [0.717, 1.165) is 0 Å². The van der Waals surface area contributed by atoms with E-state index in [-0.39, 0.29) is 17.4 Å². The zero-order valence-corrected chi connectivity index (χ0v) is 10.4. The molecule has 1 amide bonds. The van der Waals surface area contributed by atoms with Crippen LogP contribution in [0.25, 0.3) is 0 Å². The van der Waals surface area contributed by atoms with Crippen molar-refractivity contribution >= 4 is 15.7 Å². The Morgan fingerprint density at radius 3 is 2.40 bits per heavy atom. The molecule has 0 heterocycles.